The van der Waals surface area contributed by atoms with Crippen molar-refractivity contribution in [1.29, 1.82) is 0 Å². The van der Waals surface area contributed by atoms with Gasteiger partial charge in [-0.3, -0.25) is 4.99 Å². The molecule has 1 aliphatic carbocycles. The number of nitrogens with zero attached hydrogens (tertiary/aromatic N) is 1. The number of rotatable bonds is 3. The quantitative estimate of drug-likeness (QED) is 0.713. The number of ether oxygens (including phenoxy) is 1. The van der Waals surface area contributed by atoms with E-state index in [1.807, 2.05) is 6.08 Å². The lowest BCUT2D eigenvalue weighted by atomic mass is 9.88. The first kappa shape index (κ1) is 12.6. The Bertz CT molecular complexity index is 342. The van der Waals surface area contributed by atoms with Crippen molar-refractivity contribution in [1.82, 2.24) is 0 Å². The van der Waals surface area contributed by atoms with Crippen LogP contribution in [-0.2, 0) is 4.74 Å². The van der Waals surface area contributed by atoms with E-state index in [0.717, 1.165) is 36.4 Å². The second-order valence-corrected chi connectivity index (χ2v) is 4.07. The van der Waals surface area contributed by atoms with Crippen LogP contribution >= 0.6 is 0 Å². The van der Waals surface area contributed by atoms with Crippen molar-refractivity contribution in [3.63, 3.8) is 0 Å². The van der Waals surface area contributed by atoms with Gasteiger partial charge in [0.1, 0.15) is 0 Å². The first-order chi connectivity index (χ1) is 7.60. The third-order valence-corrected chi connectivity index (χ3v) is 2.61. The SMILES string of the molecule is CCCN=C1C(=C(N)OC)C=C(N)CC1C. The van der Waals surface area contributed by atoms with Gasteiger partial charge >= 0.3 is 0 Å². The summed E-state index contributed by atoms with van der Waals surface area (Å²) in [6.45, 7) is 5.02. The summed E-state index contributed by atoms with van der Waals surface area (Å²) in [4.78, 5) is 4.57. The number of aliphatic imine (C=N–C) groups is 1. The van der Waals surface area contributed by atoms with E-state index in [1.165, 1.54) is 0 Å². The fourth-order valence-corrected chi connectivity index (χ4v) is 1.81. The maximum Gasteiger partial charge on any atom is 0.193 e. The van der Waals surface area contributed by atoms with E-state index in [4.69, 9.17) is 16.2 Å². The molecule has 4 heteroatoms. The largest absolute Gasteiger partial charge is 0.482 e. The highest BCUT2D eigenvalue weighted by atomic mass is 16.5. The molecule has 0 amide bonds. The Balaban J connectivity index is 3.12. The molecule has 0 spiro atoms. The van der Waals surface area contributed by atoms with Crippen LogP contribution in [0.3, 0.4) is 0 Å². The molecular formula is C12H21N3O. The van der Waals surface area contributed by atoms with Gasteiger partial charge in [-0.2, -0.15) is 0 Å². The minimum atomic E-state index is 0.306. The van der Waals surface area contributed by atoms with Crippen LogP contribution in [0.5, 0.6) is 0 Å². The zero-order chi connectivity index (χ0) is 12.1. The van der Waals surface area contributed by atoms with Crippen LogP contribution in [0.25, 0.3) is 0 Å². The number of nitrogens with two attached hydrogens (primary N) is 2. The summed E-state index contributed by atoms with van der Waals surface area (Å²) in [5, 5.41) is 0. The lowest BCUT2D eigenvalue weighted by molar-refractivity contribution is 0.285. The average molecular weight is 223 g/mol. The molecule has 4 nitrogen and oxygen atoms in total. The predicted octanol–water partition coefficient (Wildman–Crippen LogP) is 1.54. The molecule has 0 saturated heterocycles. The Kier molecular flexibility index (Phi) is 4.40. The van der Waals surface area contributed by atoms with Crippen molar-refractivity contribution in [2.75, 3.05) is 13.7 Å². The Morgan fingerprint density at radius 2 is 2.31 bits per heavy atom. The Morgan fingerprint density at radius 1 is 1.62 bits per heavy atom. The van der Waals surface area contributed by atoms with E-state index in [1.54, 1.807) is 7.11 Å². The number of allylic oxidation sites excluding steroid dienone is 3. The van der Waals surface area contributed by atoms with Crippen LogP contribution < -0.4 is 11.5 Å². The molecule has 0 aromatic rings. The van der Waals surface area contributed by atoms with E-state index < -0.39 is 0 Å². The standard InChI is InChI=1S/C12H21N3O/c1-4-5-15-11-8(2)6-9(13)7-10(11)12(14)16-3/h7-8H,4-6,13-14H2,1-3H3. The molecule has 0 bridgehead atoms. The van der Waals surface area contributed by atoms with Crippen molar-refractivity contribution in [3.8, 4) is 0 Å². The number of methoxy groups -OCH3 is 1. The van der Waals surface area contributed by atoms with E-state index in [-0.39, 0.29) is 0 Å². The van der Waals surface area contributed by atoms with Gasteiger partial charge in [0, 0.05) is 18.2 Å². The van der Waals surface area contributed by atoms with Crippen LogP contribution in [0, 0.1) is 5.92 Å². The molecule has 0 radical (unpaired) electrons. The molecule has 1 aliphatic rings. The van der Waals surface area contributed by atoms with Gasteiger partial charge in [0.15, 0.2) is 5.88 Å². The fraction of sp³-hybridized carbons (Fsp3) is 0.583. The Labute approximate surface area is 97.1 Å². The van der Waals surface area contributed by atoms with Crippen molar-refractivity contribution < 1.29 is 4.74 Å². The van der Waals surface area contributed by atoms with E-state index >= 15 is 0 Å². The normalized spacial score (nSPS) is 26.6. The summed E-state index contributed by atoms with van der Waals surface area (Å²) < 4.78 is 5.07. The highest BCUT2D eigenvalue weighted by Gasteiger charge is 2.22. The molecule has 0 saturated carbocycles. The van der Waals surface area contributed by atoms with Gasteiger partial charge in [-0.1, -0.05) is 13.8 Å². The first-order valence-electron chi connectivity index (χ1n) is 5.64. The third kappa shape index (κ3) is 2.78. The smallest absolute Gasteiger partial charge is 0.193 e. The third-order valence-electron chi connectivity index (χ3n) is 2.61. The molecule has 4 N–H and O–H groups in total. The fourth-order valence-electron chi connectivity index (χ4n) is 1.81. The van der Waals surface area contributed by atoms with Gasteiger partial charge in [-0.25, -0.2) is 0 Å². The average Bonchev–Trinajstić information content (AvgIpc) is 2.26. The summed E-state index contributed by atoms with van der Waals surface area (Å²) >= 11 is 0. The number of hydrogen-bond acceptors (Lipinski definition) is 4. The highest BCUT2D eigenvalue weighted by molar-refractivity contribution is 6.05. The minimum absolute atomic E-state index is 0.306. The molecule has 90 valence electrons. The summed E-state index contributed by atoms with van der Waals surface area (Å²) in [7, 11) is 1.56. The molecule has 0 aromatic carbocycles. The van der Waals surface area contributed by atoms with Gasteiger partial charge in [-0.15, -0.1) is 0 Å². The zero-order valence-electron chi connectivity index (χ0n) is 10.3. The van der Waals surface area contributed by atoms with Crippen LogP contribution in [0.2, 0.25) is 0 Å². The molecule has 0 aliphatic heterocycles. The second kappa shape index (κ2) is 5.58. The molecule has 16 heavy (non-hydrogen) atoms. The predicted molar refractivity (Wildman–Crippen MR) is 66.9 cm³/mol. The second-order valence-electron chi connectivity index (χ2n) is 4.07. The molecule has 1 unspecified atom stereocenters. The first-order valence-corrected chi connectivity index (χ1v) is 5.64. The lowest BCUT2D eigenvalue weighted by Crippen LogP contribution is -2.25. The minimum Gasteiger partial charge on any atom is -0.482 e. The molecule has 1 atom stereocenters. The van der Waals surface area contributed by atoms with E-state index in [2.05, 4.69) is 18.8 Å². The van der Waals surface area contributed by atoms with Gasteiger partial charge < -0.3 is 16.2 Å². The van der Waals surface area contributed by atoms with Crippen molar-refractivity contribution in [3.05, 3.63) is 23.2 Å². The Hall–Kier alpha value is -1.45. The van der Waals surface area contributed by atoms with Crippen LogP contribution in [0.4, 0.5) is 0 Å². The van der Waals surface area contributed by atoms with Gasteiger partial charge in [-0.05, 0) is 18.9 Å². The summed E-state index contributed by atoms with van der Waals surface area (Å²) in [5.74, 6) is 0.699. The summed E-state index contributed by atoms with van der Waals surface area (Å²) in [6.07, 6.45) is 3.73. The molecular weight excluding hydrogens is 202 g/mol. The maximum atomic E-state index is 5.86. The van der Waals surface area contributed by atoms with Crippen LogP contribution in [0.15, 0.2) is 28.2 Å². The van der Waals surface area contributed by atoms with Gasteiger partial charge in [0.2, 0.25) is 0 Å². The molecule has 0 heterocycles. The van der Waals surface area contributed by atoms with E-state index in [9.17, 15) is 0 Å². The maximum absolute atomic E-state index is 5.86. The van der Waals surface area contributed by atoms with Crippen molar-refractivity contribution in [2.45, 2.75) is 26.7 Å². The summed E-state index contributed by atoms with van der Waals surface area (Å²) in [5.41, 5.74) is 14.4. The molecule has 1 rings (SSSR count). The van der Waals surface area contributed by atoms with Crippen LogP contribution in [0.1, 0.15) is 26.7 Å². The Morgan fingerprint density at radius 3 is 2.88 bits per heavy atom. The lowest BCUT2D eigenvalue weighted by Gasteiger charge is -2.22. The highest BCUT2D eigenvalue weighted by Crippen LogP contribution is 2.24. The molecule has 0 fully saturated rings. The van der Waals surface area contributed by atoms with E-state index in [0.29, 0.717) is 11.8 Å². The van der Waals surface area contributed by atoms with Gasteiger partial charge in [0.25, 0.3) is 0 Å². The van der Waals surface area contributed by atoms with Crippen molar-refractivity contribution >= 4 is 5.71 Å². The topological polar surface area (TPSA) is 73.6 Å². The monoisotopic (exact) mass is 223 g/mol. The van der Waals surface area contributed by atoms with Gasteiger partial charge in [0.05, 0.1) is 18.4 Å². The van der Waals surface area contributed by atoms with Crippen LogP contribution in [-0.4, -0.2) is 19.4 Å². The number of hydrogen-bond donors (Lipinski definition) is 2. The zero-order valence-corrected chi connectivity index (χ0v) is 10.3. The summed E-state index contributed by atoms with van der Waals surface area (Å²) in [6, 6.07) is 0. The van der Waals surface area contributed by atoms with Crippen molar-refractivity contribution in [2.24, 2.45) is 22.4 Å². The molecule has 0 aromatic heterocycles.